The third kappa shape index (κ3) is 3.32. The molecule has 1 aliphatic heterocycles. The largest absolute Gasteiger partial charge is 0.508 e. The number of hydrogen-bond acceptors (Lipinski definition) is 8. The molecule has 0 spiro atoms. The van der Waals surface area contributed by atoms with Gasteiger partial charge >= 0.3 is 11.6 Å². The first kappa shape index (κ1) is 17.7. The molecule has 0 amide bonds. The molecule has 0 fully saturated rings. The highest BCUT2D eigenvalue weighted by Gasteiger charge is 2.22. The topological polar surface area (TPSA) is 104 Å². The number of fused-ring (bicyclic) bond motifs is 2. The van der Waals surface area contributed by atoms with Crippen molar-refractivity contribution < 1.29 is 33.3 Å². The van der Waals surface area contributed by atoms with Crippen LogP contribution in [0, 0.1) is 0 Å². The molecule has 0 atom stereocenters. The number of methoxy groups -OCH3 is 1. The molecule has 0 bridgehead atoms. The van der Waals surface area contributed by atoms with Crippen LogP contribution in [0.25, 0.3) is 11.0 Å². The van der Waals surface area contributed by atoms with Crippen LogP contribution >= 0.6 is 0 Å². The molecule has 28 heavy (non-hydrogen) atoms. The van der Waals surface area contributed by atoms with Gasteiger partial charge in [0.2, 0.25) is 5.75 Å². The molecule has 0 radical (unpaired) electrons. The number of carbonyl (C=O) groups is 1. The van der Waals surface area contributed by atoms with Gasteiger partial charge in [-0.2, -0.15) is 0 Å². The highest BCUT2D eigenvalue weighted by molar-refractivity contribution is 5.91. The fourth-order valence-corrected chi connectivity index (χ4v) is 2.96. The molecular formula is C20H16O8. The summed E-state index contributed by atoms with van der Waals surface area (Å²) < 4.78 is 26.7. The lowest BCUT2D eigenvalue weighted by atomic mass is 10.1. The van der Waals surface area contributed by atoms with E-state index < -0.39 is 11.6 Å². The van der Waals surface area contributed by atoms with Gasteiger partial charge in [-0.25, -0.2) is 9.59 Å². The Kier molecular flexibility index (Phi) is 4.52. The van der Waals surface area contributed by atoms with Gasteiger partial charge < -0.3 is 28.5 Å². The van der Waals surface area contributed by atoms with Crippen LogP contribution in [0.5, 0.6) is 23.0 Å². The van der Waals surface area contributed by atoms with Crippen LogP contribution in [-0.2, 0) is 11.3 Å². The van der Waals surface area contributed by atoms with Crippen LogP contribution in [0.15, 0.2) is 45.6 Å². The van der Waals surface area contributed by atoms with E-state index >= 15 is 0 Å². The van der Waals surface area contributed by atoms with Crippen LogP contribution in [0.4, 0.5) is 0 Å². The quantitative estimate of drug-likeness (QED) is 0.541. The molecule has 2 aromatic carbocycles. The molecule has 2 heterocycles. The fourth-order valence-electron chi connectivity index (χ4n) is 2.96. The van der Waals surface area contributed by atoms with Crippen molar-refractivity contribution in [1.82, 2.24) is 0 Å². The summed E-state index contributed by atoms with van der Waals surface area (Å²) >= 11 is 0. The molecule has 1 aromatic heterocycles. The van der Waals surface area contributed by atoms with Gasteiger partial charge in [0.25, 0.3) is 0 Å². The number of ether oxygens (including phenoxy) is 4. The van der Waals surface area contributed by atoms with E-state index in [1.165, 1.54) is 37.4 Å². The number of aromatic hydroxyl groups is 1. The molecule has 0 aliphatic carbocycles. The maximum atomic E-state index is 12.5. The number of phenols is 1. The summed E-state index contributed by atoms with van der Waals surface area (Å²) in [5.74, 6) is 0.560. The Morgan fingerprint density at radius 3 is 2.79 bits per heavy atom. The molecule has 1 N–H and O–H groups in total. The predicted molar refractivity (Wildman–Crippen MR) is 97.3 cm³/mol. The average molecular weight is 384 g/mol. The summed E-state index contributed by atoms with van der Waals surface area (Å²) in [6, 6.07) is 8.65. The van der Waals surface area contributed by atoms with Gasteiger partial charge in [-0.05, 0) is 24.3 Å². The fraction of sp³-hybridized carbons (Fsp3) is 0.200. The second kappa shape index (κ2) is 7.15. The van der Waals surface area contributed by atoms with Crippen molar-refractivity contribution in [2.75, 3.05) is 20.3 Å². The van der Waals surface area contributed by atoms with Gasteiger partial charge in [0, 0.05) is 23.1 Å². The molecule has 0 saturated carbocycles. The minimum atomic E-state index is -0.615. The zero-order chi connectivity index (χ0) is 19.7. The van der Waals surface area contributed by atoms with Crippen LogP contribution in [0.3, 0.4) is 0 Å². The van der Waals surface area contributed by atoms with E-state index in [0.717, 1.165) is 0 Å². The van der Waals surface area contributed by atoms with Gasteiger partial charge in [-0.15, -0.1) is 0 Å². The van der Waals surface area contributed by atoms with Crippen molar-refractivity contribution in [1.29, 1.82) is 0 Å². The van der Waals surface area contributed by atoms with E-state index in [1.54, 1.807) is 6.07 Å². The third-order valence-electron chi connectivity index (χ3n) is 4.24. The third-order valence-corrected chi connectivity index (χ3v) is 4.24. The van der Waals surface area contributed by atoms with Crippen molar-refractivity contribution in [3.63, 3.8) is 0 Å². The van der Waals surface area contributed by atoms with Crippen molar-refractivity contribution in [3.8, 4) is 23.0 Å². The van der Waals surface area contributed by atoms with Gasteiger partial charge in [0.05, 0.1) is 12.7 Å². The summed E-state index contributed by atoms with van der Waals surface area (Å²) in [7, 11) is 1.47. The van der Waals surface area contributed by atoms with Gasteiger partial charge in [-0.1, -0.05) is 0 Å². The summed E-state index contributed by atoms with van der Waals surface area (Å²) in [6.45, 7) is 0.613. The van der Waals surface area contributed by atoms with Gasteiger partial charge in [0.1, 0.15) is 31.2 Å². The minimum absolute atomic E-state index is 0.0341. The summed E-state index contributed by atoms with van der Waals surface area (Å²) in [5, 5.41) is 10.1. The van der Waals surface area contributed by atoms with E-state index in [4.69, 9.17) is 23.4 Å². The monoisotopic (exact) mass is 384 g/mol. The molecule has 0 unspecified atom stereocenters. The highest BCUT2D eigenvalue weighted by atomic mass is 16.6. The summed E-state index contributed by atoms with van der Waals surface area (Å²) in [6.07, 6.45) is 0. The maximum absolute atomic E-state index is 12.5. The molecule has 8 heteroatoms. The zero-order valence-corrected chi connectivity index (χ0v) is 14.9. The lowest BCUT2D eigenvalue weighted by Crippen LogP contribution is -2.17. The van der Waals surface area contributed by atoms with E-state index in [9.17, 15) is 14.7 Å². The Labute approximate surface area is 158 Å². The minimum Gasteiger partial charge on any atom is -0.508 e. The van der Waals surface area contributed by atoms with Crippen molar-refractivity contribution in [2.24, 2.45) is 0 Å². The maximum Gasteiger partial charge on any atom is 0.338 e. The Morgan fingerprint density at radius 1 is 1.14 bits per heavy atom. The highest BCUT2D eigenvalue weighted by Crippen LogP contribution is 2.40. The molecule has 1 aliphatic rings. The predicted octanol–water partition coefficient (Wildman–Crippen LogP) is 2.64. The number of hydrogen-bond donors (Lipinski definition) is 1. The number of rotatable bonds is 4. The van der Waals surface area contributed by atoms with Crippen LogP contribution in [-0.4, -0.2) is 31.4 Å². The molecular weight excluding hydrogens is 368 g/mol. The Hall–Kier alpha value is -3.68. The molecule has 0 saturated heterocycles. The average Bonchev–Trinajstić information content (AvgIpc) is 2.70. The number of benzene rings is 2. The van der Waals surface area contributed by atoms with Crippen LogP contribution in [0.1, 0.15) is 15.9 Å². The number of esters is 1. The number of phenolic OH excluding ortho intramolecular Hbond substituents is 1. The summed E-state index contributed by atoms with van der Waals surface area (Å²) in [4.78, 5) is 24.3. The van der Waals surface area contributed by atoms with Crippen LogP contribution < -0.4 is 19.8 Å². The first-order valence-corrected chi connectivity index (χ1v) is 8.45. The van der Waals surface area contributed by atoms with E-state index in [2.05, 4.69) is 0 Å². The van der Waals surface area contributed by atoms with Crippen molar-refractivity contribution in [3.05, 3.63) is 57.9 Å². The van der Waals surface area contributed by atoms with E-state index in [-0.39, 0.29) is 23.5 Å². The standard InChI is InChI=1S/C20H16O8/c1-24-16-6-11(7-17-19(16)26-5-4-25-17)20(23)27-10-12-8-18(22)28-15-9-13(21)2-3-14(12)15/h2-3,6-9,21H,4-5,10H2,1H3. The van der Waals surface area contributed by atoms with Crippen molar-refractivity contribution >= 4 is 16.9 Å². The molecule has 4 rings (SSSR count). The second-order valence-corrected chi connectivity index (χ2v) is 6.05. The first-order chi connectivity index (χ1) is 13.5. The lowest BCUT2D eigenvalue weighted by Gasteiger charge is -2.21. The second-order valence-electron chi connectivity index (χ2n) is 6.05. The lowest BCUT2D eigenvalue weighted by molar-refractivity contribution is 0.0472. The molecule has 3 aromatic rings. The van der Waals surface area contributed by atoms with E-state index in [1.807, 2.05) is 0 Å². The first-order valence-electron chi connectivity index (χ1n) is 8.45. The zero-order valence-electron chi connectivity index (χ0n) is 14.9. The SMILES string of the molecule is COc1cc(C(=O)OCc2cc(=O)oc3cc(O)ccc23)cc2c1OCCO2. The Morgan fingerprint density at radius 2 is 1.96 bits per heavy atom. The molecule has 144 valence electrons. The number of carbonyl (C=O) groups excluding carboxylic acids is 1. The summed E-state index contributed by atoms with van der Waals surface area (Å²) in [5.41, 5.74) is 0.291. The van der Waals surface area contributed by atoms with Gasteiger partial charge in [-0.3, -0.25) is 0 Å². The van der Waals surface area contributed by atoms with E-state index in [0.29, 0.717) is 41.4 Å². The normalized spacial score (nSPS) is 12.6. The Bertz CT molecular complexity index is 1100. The Balaban J connectivity index is 1.60. The van der Waals surface area contributed by atoms with Crippen LogP contribution in [0.2, 0.25) is 0 Å². The molecule has 8 nitrogen and oxygen atoms in total. The smallest absolute Gasteiger partial charge is 0.338 e. The van der Waals surface area contributed by atoms with Gasteiger partial charge in [0.15, 0.2) is 11.5 Å². The van der Waals surface area contributed by atoms with Crippen molar-refractivity contribution in [2.45, 2.75) is 6.61 Å².